The van der Waals surface area contributed by atoms with Gasteiger partial charge in [0.05, 0.1) is 0 Å². The Balaban J connectivity index is 2.03. The zero-order valence-corrected chi connectivity index (χ0v) is 13.9. The average molecular weight is 304 g/mol. The van der Waals surface area contributed by atoms with Gasteiger partial charge in [0.2, 0.25) is 5.71 Å². The second kappa shape index (κ2) is 4.98. The van der Waals surface area contributed by atoms with Crippen molar-refractivity contribution in [2.24, 2.45) is 7.05 Å². The van der Waals surface area contributed by atoms with Gasteiger partial charge in [-0.1, -0.05) is 0 Å². The van der Waals surface area contributed by atoms with Crippen LogP contribution < -0.4 is 20.8 Å². The Labute approximate surface area is 135 Å². The van der Waals surface area contributed by atoms with Crippen LogP contribution in [0.5, 0.6) is 0 Å². The lowest BCUT2D eigenvalue weighted by atomic mass is 9.50. The highest BCUT2D eigenvalue weighted by Crippen LogP contribution is 2.11. The SMILES string of the molecule is CC1=c2oc3ncccc3c2=CN(C)B1c1cc(C)cc[n+]1C. The molecule has 0 N–H and O–H groups in total. The van der Waals surface area contributed by atoms with Gasteiger partial charge in [-0.05, 0) is 50.3 Å². The van der Waals surface area contributed by atoms with Crippen molar-refractivity contribution in [1.82, 2.24) is 9.79 Å². The van der Waals surface area contributed by atoms with Crippen LogP contribution >= 0.6 is 0 Å². The van der Waals surface area contributed by atoms with Crippen LogP contribution in [0.15, 0.2) is 41.1 Å². The van der Waals surface area contributed by atoms with Crippen molar-refractivity contribution in [1.29, 1.82) is 0 Å². The van der Waals surface area contributed by atoms with E-state index in [4.69, 9.17) is 4.42 Å². The van der Waals surface area contributed by atoms with Gasteiger partial charge in [-0.15, -0.1) is 0 Å². The largest absolute Gasteiger partial charge is 0.438 e. The van der Waals surface area contributed by atoms with E-state index >= 15 is 0 Å². The molecular formula is C18H19BN3O+. The van der Waals surface area contributed by atoms with E-state index in [0.717, 1.165) is 16.0 Å². The molecule has 5 heteroatoms. The predicted molar refractivity (Wildman–Crippen MR) is 92.3 cm³/mol. The van der Waals surface area contributed by atoms with Gasteiger partial charge in [0.1, 0.15) is 12.5 Å². The van der Waals surface area contributed by atoms with Crippen LogP contribution in [0.2, 0.25) is 0 Å². The first-order chi connectivity index (χ1) is 11.1. The number of aryl methyl sites for hydroxylation is 2. The van der Waals surface area contributed by atoms with Crippen LogP contribution in [0.3, 0.4) is 0 Å². The van der Waals surface area contributed by atoms with Crippen molar-refractivity contribution in [3.8, 4) is 0 Å². The molecule has 114 valence electrons. The standard InChI is InChI=1S/C18H19BN3O/c1-12-7-9-21(3)16(10-12)19-13(2)17-15(11-22(19)4)14-6-5-8-20-18(14)23-17/h5-11H,1-4H3/q+1. The summed E-state index contributed by atoms with van der Waals surface area (Å²) in [5, 5.41) is 2.19. The van der Waals surface area contributed by atoms with E-state index in [9.17, 15) is 0 Å². The predicted octanol–water partition coefficient (Wildman–Crippen LogP) is 0.253. The van der Waals surface area contributed by atoms with Crippen molar-refractivity contribution in [2.75, 3.05) is 7.05 Å². The highest BCUT2D eigenvalue weighted by molar-refractivity contribution is 6.85. The van der Waals surface area contributed by atoms with E-state index in [1.165, 1.54) is 16.6 Å². The van der Waals surface area contributed by atoms with Crippen molar-refractivity contribution < 1.29 is 8.98 Å². The van der Waals surface area contributed by atoms with Crippen molar-refractivity contribution in [3.05, 3.63) is 52.9 Å². The van der Waals surface area contributed by atoms with Crippen LogP contribution in [0.1, 0.15) is 12.5 Å². The highest BCUT2D eigenvalue weighted by atomic mass is 16.3. The summed E-state index contributed by atoms with van der Waals surface area (Å²) in [5.74, 6) is 0. The number of hydrogen-bond donors (Lipinski definition) is 0. The summed E-state index contributed by atoms with van der Waals surface area (Å²) < 4.78 is 8.24. The summed E-state index contributed by atoms with van der Waals surface area (Å²) in [4.78, 5) is 6.61. The molecule has 4 nitrogen and oxygen atoms in total. The van der Waals surface area contributed by atoms with Crippen LogP contribution in [0.25, 0.3) is 22.8 Å². The van der Waals surface area contributed by atoms with Gasteiger partial charge in [0, 0.05) is 28.9 Å². The monoisotopic (exact) mass is 304 g/mol. The molecule has 1 aliphatic rings. The number of fused-ring (bicyclic) bond motifs is 3. The number of nitrogens with zero attached hydrogens (tertiary/aromatic N) is 3. The number of hydrogen-bond acceptors (Lipinski definition) is 3. The van der Waals surface area contributed by atoms with Crippen LogP contribution in [0, 0.1) is 6.92 Å². The third-order valence-electron chi connectivity index (χ3n) is 4.64. The van der Waals surface area contributed by atoms with Crippen molar-refractivity contribution in [2.45, 2.75) is 13.8 Å². The van der Waals surface area contributed by atoms with E-state index < -0.39 is 0 Å². The van der Waals surface area contributed by atoms with E-state index in [1.807, 2.05) is 6.07 Å². The Kier molecular flexibility index (Phi) is 3.05. The third kappa shape index (κ3) is 2.07. The molecule has 0 saturated carbocycles. The molecule has 4 heterocycles. The van der Waals surface area contributed by atoms with Crippen LogP contribution in [-0.4, -0.2) is 23.7 Å². The first-order valence-corrected chi connectivity index (χ1v) is 7.80. The quantitative estimate of drug-likeness (QED) is 0.477. The zero-order valence-electron chi connectivity index (χ0n) is 13.9. The van der Waals surface area contributed by atoms with E-state index in [-0.39, 0.29) is 6.85 Å². The maximum atomic E-state index is 6.06. The normalized spacial score (nSPS) is 14.2. The number of rotatable bonds is 1. The Bertz CT molecular complexity index is 1040. The smallest absolute Gasteiger partial charge is 0.402 e. The van der Waals surface area contributed by atoms with Gasteiger partial charge < -0.3 is 9.23 Å². The molecule has 23 heavy (non-hydrogen) atoms. The molecule has 0 atom stereocenters. The maximum absolute atomic E-state index is 6.06. The maximum Gasteiger partial charge on any atom is 0.402 e. The van der Waals surface area contributed by atoms with Crippen LogP contribution in [0.4, 0.5) is 0 Å². The summed E-state index contributed by atoms with van der Waals surface area (Å²) in [7, 11) is 4.21. The fraction of sp³-hybridized carbons (Fsp3) is 0.222. The minimum Gasteiger partial charge on any atom is -0.438 e. The summed E-state index contributed by atoms with van der Waals surface area (Å²) in [6, 6.07) is 8.38. The molecule has 0 amide bonds. The summed E-state index contributed by atoms with van der Waals surface area (Å²) in [6.07, 6.45) is 6.05. The Morgan fingerprint density at radius 3 is 2.91 bits per heavy atom. The van der Waals surface area contributed by atoms with Crippen molar-refractivity contribution >= 4 is 35.2 Å². The molecule has 0 aromatic carbocycles. The summed E-state index contributed by atoms with van der Waals surface area (Å²) in [6.45, 7) is 4.44. The molecule has 0 aliphatic carbocycles. The lowest BCUT2D eigenvalue weighted by Gasteiger charge is -2.24. The van der Waals surface area contributed by atoms with Gasteiger partial charge in [-0.25, -0.2) is 9.55 Å². The molecule has 0 spiro atoms. The lowest BCUT2D eigenvalue weighted by Crippen LogP contribution is -2.62. The van der Waals surface area contributed by atoms with Gasteiger partial charge in [-0.3, -0.25) is 0 Å². The van der Waals surface area contributed by atoms with E-state index in [1.54, 1.807) is 6.20 Å². The molecule has 0 bridgehead atoms. The van der Waals surface area contributed by atoms with Crippen molar-refractivity contribution in [3.63, 3.8) is 0 Å². The molecule has 0 unspecified atom stereocenters. The number of furan rings is 1. The fourth-order valence-electron chi connectivity index (χ4n) is 3.48. The zero-order chi connectivity index (χ0) is 16.1. The second-order valence-electron chi connectivity index (χ2n) is 6.32. The molecule has 3 aromatic heterocycles. The average Bonchev–Trinajstić information content (AvgIpc) is 2.90. The molecule has 0 saturated heterocycles. The second-order valence-corrected chi connectivity index (χ2v) is 6.32. The molecular weight excluding hydrogens is 285 g/mol. The minimum absolute atomic E-state index is 0.160. The van der Waals surface area contributed by atoms with E-state index in [0.29, 0.717) is 5.71 Å². The molecule has 0 radical (unpaired) electrons. The molecule has 1 aliphatic heterocycles. The Hall–Kier alpha value is -2.56. The molecule has 0 fully saturated rings. The minimum atomic E-state index is 0.160. The first kappa shape index (κ1) is 14.1. The number of aromatic nitrogens is 2. The number of pyridine rings is 2. The highest BCUT2D eigenvalue weighted by Gasteiger charge is 2.35. The summed E-state index contributed by atoms with van der Waals surface area (Å²) >= 11 is 0. The topological polar surface area (TPSA) is 33.2 Å². The third-order valence-corrected chi connectivity index (χ3v) is 4.64. The summed E-state index contributed by atoms with van der Waals surface area (Å²) in [5.41, 5.74) is 5.37. The molecule has 3 aromatic rings. The fourth-order valence-corrected chi connectivity index (χ4v) is 3.48. The Morgan fingerprint density at radius 2 is 2.09 bits per heavy atom. The van der Waals surface area contributed by atoms with Gasteiger partial charge in [0.15, 0.2) is 11.8 Å². The van der Waals surface area contributed by atoms with Gasteiger partial charge in [0.25, 0.3) is 0 Å². The molecule has 4 rings (SSSR count). The first-order valence-electron chi connectivity index (χ1n) is 7.80. The van der Waals surface area contributed by atoms with E-state index in [2.05, 4.69) is 72.9 Å². The lowest BCUT2D eigenvalue weighted by molar-refractivity contribution is -0.654. The van der Waals surface area contributed by atoms with Crippen LogP contribution in [-0.2, 0) is 7.05 Å². The Morgan fingerprint density at radius 1 is 1.26 bits per heavy atom. The van der Waals surface area contributed by atoms with Gasteiger partial charge >= 0.3 is 6.85 Å². The van der Waals surface area contributed by atoms with Gasteiger partial charge in [-0.2, -0.15) is 0 Å².